The number of amides is 1. The van der Waals surface area contributed by atoms with Crippen LogP contribution in [0.1, 0.15) is 56.4 Å². The van der Waals surface area contributed by atoms with Gasteiger partial charge in [-0.25, -0.2) is 9.59 Å². The Morgan fingerprint density at radius 2 is 1.79 bits per heavy atom. The van der Waals surface area contributed by atoms with Crippen LogP contribution in [-0.2, 0) is 17.5 Å². The van der Waals surface area contributed by atoms with E-state index >= 15 is 0 Å². The van der Waals surface area contributed by atoms with E-state index in [0.717, 1.165) is 65.7 Å². The SMILES string of the molecule is CC(C)(C)[Si](C)(C)O[C@@H](CNCc1ccc2c(c1)oc(=O)n2C/C=C/c1ccc(-c2ccccc2)c(N(C(=O)O)[C@H]2CN3CCC2CC3)c1)c1ccc(O)c2[nH]c(=O)ccc12. The molecule has 6 aromatic rings. The number of aromatic nitrogens is 2. The monoisotopic (exact) mass is 841 g/mol. The molecule has 12 nitrogen and oxygen atoms in total. The molecule has 4 aromatic carbocycles. The maximum absolute atomic E-state index is 13.2. The van der Waals surface area contributed by atoms with Crippen molar-refractivity contribution in [2.24, 2.45) is 5.92 Å². The van der Waals surface area contributed by atoms with Crippen molar-refractivity contribution >= 4 is 48.2 Å². The predicted octanol–water partition coefficient (Wildman–Crippen LogP) is 8.95. The summed E-state index contributed by atoms with van der Waals surface area (Å²) in [4.78, 5) is 45.1. The van der Waals surface area contributed by atoms with Crippen LogP contribution in [0.5, 0.6) is 5.75 Å². The van der Waals surface area contributed by atoms with Gasteiger partial charge in [0.25, 0.3) is 0 Å². The first-order chi connectivity index (χ1) is 29.2. The van der Waals surface area contributed by atoms with Crippen LogP contribution in [0.15, 0.2) is 111 Å². The van der Waals surface area contributed by atoms with Crippen LogP contribution in [0.3, 0.4) is 0 Å². The fourth-order valence-corrected chi connectivity index (χ4v) is 9.96. The van der Waals surface area contributed by atoms with Gasteiger partial charge in [0.1, 0.15) is 5.75 Å². The van der Waals surface area contributed by atoms with Crippen molar-refractivity contribution in [2.75, 3.05) is 31.1 Å². The highest BCUT2D eigenvalue weighted by atomic mass is 28.4. The molecule has 0 spiro atoms. The van der Waals surface area contributed by atoms with Crippen molar-refractivity contribution in [1.29, 1.82) is 0 Å². The Kier molecular flexibility index (Phi) is 11.7. The molecule has 0 saturated carbocycles. The molecule has 3 aliphatic rings. The third-order valence-electron chi connectivity index (χ3n) is 13.0. The lowest BCUT2D eigenvalue weighted by atomic mass is 9.82. The van der Waals surface area contributed by atoms with Gasteiger partial charge in [-0.2, -0.15) is 0 Å². The molecule has 5 heterocycles. The number of phenolic OH excluding ortho intramolecular Hbond substituents is 1. The Labute approximate surface area is 356 Å². The summed E-state index contributed by atoms with van der Waals surface area (Å²) < 4.78 is 14.3. The number of aromatic amines is 1. The summed E-state index contributed by atoms with van der Waals surface area (Å²) >= 11 is 0. The summed E-state index contributed by atoms with van der Waals surface area (Å²) in [7, 11) is -2.26. The summed E-state index contributed by atoms with van der Waals surface area (Å²) in [5.74, 6) is -0.148. The van der Waals surface area contributed by atoms with E-state index < -0.39 is 20.2 Å². The summed E-state index contributed by atoms with van der Waals surface area (Å²) in [5.41, 5.74) is 6.34. The number of hydrogen-bond acceptors (Lipinski definition) is 8. The van der Waals surface area contributed by atoms with Crippen molar-refractivity contribution < 1.29 is 23.9 Å². The average Bonchev–Trinajstić information content (AvgIpc) is 3.54. The van der Waals surface area contributed by atoms with Gasteiger partial charge >= 0.3 is 11.8 Å². The van der Waals surface area contributed by atoms with Gasteiger partial charge in [-0.1, -0.05) is 87.5 Å². The number of benzene rings is 4. The van der Waals surface area contributed by atoms with Gasteiger partial charge in [0, 0.05) is 43.2 Å². The quantitative estimate of drug-likeness (QED) is 0.0835. The molecule has 3 aliphatic heterocycles. The average molecular weight is 842 g/mol. The number of anilines is 1. The second kappa shape index (κ2) is 17.0. The van der Waals surface area contributed by atoms with Gasteiger partial charge < -0.3 is 34.3 Å². The molecule has 3 saturated heterocycles. The zero-order chi connectivity index (χ0) is 43.1. The Bertz CT molecular complexity index is 2710. The molecule has 3 fully saturated rings. The maximum atomic E-state index is 13.2. The highest BCUT2D eigenvalue weighted by Gasteiger charge is 2.41. The van der Waals surface area contributed by atoms with Crippen LogP contribution < -0.4 is 21.5 Å². The first-order valence-electron chi connectivity index (χ1n) is 21.1. The Morgan fingerprint density at radius 1 is 1.02 bits per heavy atom. The van der Waals surface area contributed by atoms with E-state index in [9.17, 15) is 24.6 Å². The molecule has 0 unspecified atom stereocenters. The van der Waals surface area contributed by atoms with E-state index in [1.54, 1.807) is 21.6 Å². The minimum Gasteiger partial charge on any atom is -0.506 e. The van der Waals surface area contributed by atoms with Crippen molar-refractivity contribution in [1.82, 2.24) is 19.8 Å². The van der Waals surface area contributed by atoms with Crippen LogP contribution in [0.25, 0.3) is 39.2 Å². The zero-order valence-corrected chi connectivity index (χ0v) is 36.5. The topological polar surface area (TPSA) is 153 Å². The minimum absolute atomic E-state index is 0.00119. The second-order valence-corrected chi connectivity index (χ2v) is 22.7. The first kappa shape index (κ1) is 42.0. The number of hydrogen-bond donors (Lipinski definition) is 4. The molecule has 2 atom stereocenters. The van der Waals surface area contributed by atoms with Gasteiger partial charge in [-0.05, 0) is 103 Å². The van der Waals surface area contributed by atoms with Gasteiger partial charge in [0.2, 0.25) is 5.56 Å². The normalized spacial score (nSPS) is 18.6. The molecule has 2 aromatic heterocycles. The third-order valence-corrected chi connectivity index (χ3v) is 17.5. The number of H-pyrrole nitrogens is 1. The Balaban J connectivity index is 1.00. The summed E-state index contributed by atoms with van der Waals surface area (Å²) in [6.45, 7) is 14.9. The van der Waals surface area contributed by atoms with Crippen LogP contribution in [0, 0.1) is 5.92 Å². The van der Waals surface area contributed by atoms with Crippen LogP contribution in [0.2, 0.25) is 18.1 Å². The largest absolute Gasteiger partial charge is 0.506 e. The minimum atomic E-state index is -2.26. The Hall–Kier alpha value is -5.73. The van der Waals surface area contributed by atoms with Crippen molar-refractivity contribution in [3.05, 3.63) is 135 Å². The molecule has 9 rings (SSSR count). The standard InChI is InChI=1S/C48H55N5O7Si/c1-48(2,3)61(4,5)60-43(36-16-19-41(54)45-37(36)17-20-44(55)50-45)29-49-28-32-14-18-38-42(27-32)59-47(58)52(38)23-9-10-31-13-15-35(33-11-7-6-8-12-33)39(26-31)53(46(56)57)40-30-51-24-21-34(40)22-25-51/h6-20,26-27,34,40,43,49,54H,21-25,28-30H2,1-5H3,(H,50,55)(H,56,57)/b10-9+/t40-,43-/m0/s1. The summed E-state index contributed by atoms with van der Waals surface area (Å²) in [6.07, 6.45) is 4.50. The fourth-order valence-electron chi connectivity index (χ4n) is 8.69. The number of aromatic hydroxyl groups is 1. The molecule has 61 heavy (non-hydrogen) atoms. The number of nitrogens with zero attached hydrogens (tertiary/aromatic N) is 3. The Morgan fingerprint density at radius 3 is 2.49 bits per heavy atom. The lowest BCUT2D eigenvalue weighted by molar-refractivity contribution is 0.0838. The second-order valence-electron chi connectivity index (χ2n) is 18.0. The first-order valence-corrected chi connectivity index (χ1v) is 24.0. The van der Waals surface area contributed by atoms with E-state index in [2.05, 4.69) is 49.1 Å². The maximum Gasteiger partial charge on any atom is 0.420 e. The number of fused-ring (bicyclic) bond motifs is 5. The third kappa shape index (κ3) is 8.74. The van der Waals surface area contributed by atoms with Gasteiger partial charge in [-0.3, -0.25) is 14.3 Å². The molecule has 4 N–H and O–H groups in total. The van der Waals surface area contributed by atoms with Crippen molar-refractivity contribution in [3.63, 3.8) is 0 Å². The molecule has 0 radical (unpaired) electrons. The summed E-state index contributed by atoms with van der Waals surface area (Å²) in [6, 6.07) is 28.1. The molecular formula is C48H55N5O7Si. The van der Waals surface area contributed by atoms with E-state index in [4.69, 9.17) is 8.84 Å². The summed E-state index contributed by atoms with van der Waals surface area (Å²) in [5, 5.41) is 25.5. The molecule has 0 aliphatic carbocycles. The van der Waals surface area contributed by atoms with Crippen LogP contribution in [0.4, 0.5) is 10.5 Å². The van der Waals surface area contributed by atoms with Crippen molar-refractivity contribution in [2.45, 2.75) is 77.0 Å². The number of phenols is 1. The van der Waals surface area contributed by atoms with E-state index in [-0.39, 0.29) is 35.0 Å². The van der Waals surface area contributed by atoms with E-state index in [1.165, 1.54) is 6.07 Å². The van der Waals surface area contributed by atoms with E-state index in [1.807, 2.05) is 84.9 Å². The number of rotatable bonds is 13. The number of piperidine rings is 3. The van der Waals surface area contributed by atoms with Gasteiger partial charge in [0.05, 0.1) is 28.9 Å². The number of oxazole rings is 1. The highest BCUT2D eigenvalue weighted by Crippen LogP contribution is 2.42. The number of nitrogens with one attached hydrogen (secondary N) is 2. The molecule has 2 bridgehead atoms. The number of carboxylic acid groups (broad SMARTS) is 1. The van der Waals surface area contributed by atoms with Crippen molar-refractivity contribution in [3.8, 4) is 16.9 Å². The molecular weight excluding hydrogens is 787 g/mol. The molecule has 318 valence electrons. The zero-order valence-electron chi connectivity index (χ0n) is 35.5. The van der Waals surface area contributed by atoms with E-state index in [0.29, 0.717) is 41.3 Å². The van der Waals surface area contributed by atoms with Crippen LogP contribution in [-0.4, -0.2) is 71.3 Å². The predicted molar refractivity (Wildman–Crippen MR) is 244 cm³/mol. The molecule has 1 amide bonds. The van der Waals surface area contributed by atoms with Gasteiger partial charge in [-0.15, -0.1) is 0 Å². The highest BCUT2D eigenvalue weighted by molar-refractivity contribution is 6.74. The lowest BCUT2D eigenvalue weighted by Crippen LogP contribution is -2.59. The number of allylic oxidation sites excluding steroid dienone is 1. The fraction of sp³-hybridized carbons (Fsp3) is 0.354. The van der Waals surface area contributed by atoms with Gasteiger partial charge in [0.15, 0.2) is 13.9 Å². The number of carbonyl (C=O) groups is 1. The van der Waals surface area contributed by atoms with Crippen LogP contribution >= 0.6 is 0 Å². The molecule has 13 heteroatoms. The smallest absolute Gasteiger partial charge is 0.420 e. The lowest BCUT2D eigenvalue weighted by Gasteiger charge is -2.48. The number of pyridine rings is 1.